The Labute approximate surface area is 112 Å². The van der Waals surface area contributed by atoms with Gasteiger partial charge in [-0.2, -0.15) is 0 Å². The fraction of sp³-hybridized carbons (Fsp3) is 0.917. The van der Waals surface area contributed by atoms with Crippen LogP contribution in [0.3, 0.4) is 0 Å². The normalized spacial score (nSPS) is 13.2. The average Bonchev–Trinajstić information content (AvgIpc) is 2.33. The molecule has 0 saturated heterocycles. The standard InChI is InChI=1S/C12H27NO4Si/c1-5-16-18(17-6-2)11(3)7-9-13(4)10-8-12(14)15/h11,18H,5-10H2,1-4H3,(H,14,15). The van der Waals surface area contributed by atoms with Crippen molar-refractivity contribution < 1.29 is 18.8 Å². The second kappa shape index (κ2) is 10.5. The van der Waals surface area contributed by atoms with Crippen LogP contribution in [-0.4, -0.2) is 58.6 Å². The zero-order chi connectivity index (χ0) is 14.0. The maximum absolute atomic E-state index is 10.5. The van der Waals surface area contributed by atoms with E-state index in [1.807, 2.05) is 25.8 Å². The predicted octanol–water partition coefficient (Wildman–Crippen LogP) is 1.47. The molecule has 1 N–H and O–H groups in total. The molecule has 0 bridgehead atoms. The van der Waals surface area contributed by atoms with E-state index in [9.17, 15) is 4.79 Å². The van der Waals surface area contributed by atoms with Gasteiger partial charge in [0.05, 0.1) is 6.42 Å². The van der Waals surface area contributed by atoms with Crippen LogP contribution < -0.4 is 0 Å². The molecular formula is C12H27NO4Si. The van der Waals surface area contributed by atoms with E-state index in [0.29, 0.717) is 25.3 Å². The lowest BCUT2D eigenvalue weighted by molar-refractivity contribution is -0.137. The fourth-order valence-electron chi connectivity index (χ4n) is 1.66. The van der Waals surface area contributed by atoms with Gasteiger partial charge in [-0.3, -0.25) is 4.79 Å². The molecular weight excluding hydrogens is 250 g/mol. The highest BCUT2D eigenvalue weighted by molar-refractivity contribution is 6.46. The van der Waals surface area contributed by atoms with Gasteiger partial charge in [0, 0.05) is 19.8 Å². The third kappa shape index (κ3) is 8.63. The number of aliphatic carboxylic acids is 1. The maximum Gasteiger partial charge on any atom is 0.324 e. The molecule has 0 amide bonds. The van der Waals surface area contributed by atoms with E-state index in [1.54, 1.807) is 0 Å². The number of rotatable bonds is 11. The summed E-state index contributed by atoms with van der Waals surface area (Å²) in [7, 11) is 0.382. The summed E-state index contributed by atoms with van der Waals surface area (Å²) in [5, 5.41) is 8.61. The molecule has 0 radical (unpaired) electrons. The quantitative estimate of drug-likeness (QED) is 0.580. The lowest BCUT2D eigenvalue weighted by atomic mass is 10.3. The minimum absolute atomic E-state index is 0.197. The topological polar surface area (TPSA) is 59.0 Å². The number of nitrogens with zero attached hydrogens (tertiary/aromatic N) is 1. The summed E-state index contributed by atoms with van der Waals surface area (Å²) in [5.41, 5.74) is 0.442. The molecule has 0 spiro atoms. The Balaban J connectivity index is 3.89. The van der Waals surface area contributed by atoms with E-state index in [0.717, 1.165) is 13.0 Å². The molecule has 0 aliphatic heterocycles. The molecule has 0 aromatic heterocycles. The largest absolute Gasteiger partial charge is 0.481 e. The van der Waals surface area contributed by atoms with Gasteiger partial charge in [0.2, 0.25) is 0 Å². The van der Waals surface area contributed by atoms with Crippen molar-refractivity contribution >= 4 is 15.3 Å². The van der Waals surface area contributed by atoms with Crippen molar-refractivity contribution in [1.29, 1.82) is 0 Å². The van der Waals surface area contributed by atoms with Crippen molar-refractivity contribution in [3.63, 3.8) is 0 Å². The van der Waals surface area contributed by atoms with Crippen LogP contribution in [0.2, 0.25) is 5.54 Å². The van der Waals surface area contributed by atoms with E-state index >= 15 is 0 Å². The zero-order valence-corrected chi connectivity index (χ0v) is 13.2. The smallest absolute Gasteiger partial charge is 0.324 e. The van der Waals surface area contributed by atoms with E-state index in [-0.39, 0.29) is 6.42 Å². The Bertz CT molecular complexity index is 222. The van der Waals surface area contributed by atoms with Gasteiger partial charge < -0.3 is 18.9 Å². The van der Waals surface area contributed by atoms with Crippen molar-refractivity contribution in [2.75, 3.05) is 33.4 Å². The molecule has 0 saturated carbocycles. The van der Waals surface area contributed by atoms with Crippen molar-refractivity contribution in [2.45, 2.75) is 39.2 Å². The van der Waals surface area contributed by atoms with Crippen LogP contribution in [0.4, 0.5) is 0 Å². The van der Waals surface area contributed by atoms with Crippen LogP contribution in [0, 0.1) is 0 Å². The van der Waals surface area contributed by atoms with Gasteiger partial charge in [0.15, 0.2) is 0 Å². The summed E-state index contributed by atoms with van der Waals surface area (Å²) in [6.45, 7) is 9.03. The predicted molar refractivity (Wildman–Crippen MR) is 74.2 cm³/mol. The van der Waals surface area contributed by atoms with Crippen molar-refractivity contribution in [3.05, 3.63) is 0 Å². The number of carbonyl (C=O) groups is 1. The number of carboxylic acids is 1. The first-order valence-electron chi connectivity index (χ1n) is 6.64. The number of hydrogen-bond acceptors (Lipinski definition) is 4. The molecule has 0 aromatic rings. The summed E-state index contributed by atoms with van der Waals surface area (Å²) < 4.78 is 11.4. The van der Waals surface area contributed by atoms with Crippen molar-refractivity contribution in [1.82, 2.24) is 4.90 Å². The lowest BCUT2D eigenvalue weighted by Gasteiger charge is -2.23. The van der Waals surface area contributed by atoms with Crippen LogP contribution in [0.1, 0.15) is 33.6 Å². The van der Waals surface area contributed by atoms with Gasteiger partial charge in [-0.1, -0.05) is 6.92 Å². The Kier molecular flexibility index (Phi) is 10.2. The van der Waals surface area contributed by atoms with Crippen LogP contribution in [0.5, 0.6) is 0 Å². The molecule has 18 heavy (non-hydrogen) atoms. The monoisotopic (exact) mass is 277 g/mol. The van der Waals surface area contributed by atoms with Gasteiger partial charge in [-0.25, -0.2) is 0 Å². The molecule has 0 rings (SSSR count). The summed E-state index contributed by atoms with van der Waals surface area (Å²) in [5.74, 6) is -0.745. The first-order chi connectivity index (χ1) is 8.51. The SMILES string of the molecule is CCO[SiH](OCC)C(C)CCN(C)CCC(=O)O. The second-order valence-corrected chi connectivity index (χ2v) is 7.03. The Morgan fingerprint density at radius 1 is 1.28 bits per heavy atom. The fourth-order valence-corrected chi connectivity index (χ4v) is 3.50. The summed E-state index contributed by atoms with van der Waals surface area (Å²) >= 11 is 0. The molecule has 0 aliphatic rings. The number of carboxylic acid groups (broad SMARTS) is 1. The van der Waals surface area contributed by atoms with Crippen LogP contribution in [0.25, 0.3) is 0 Å². The number of hydrogen-bond donors (Lipinski definition) is 1. The first-order valence-corrected chi connectivity index (χ1v) is 8.25. The lowest BCUT2D eigenvalue weighted by Crippen LogP contribution is -2.31. The molecule has 0 fully saturated rings. The van der Waals surface area contributed by atoms with E-state index in [1.165, 1.54) is 0 Å². The van der Waals surface area contributed by atoms with Gasteiger partial charge >= 0.3 is 15.3 Å². The molecule has 108 valence electrons. The van der Waals surface area contributed by atoms with Gasteiger partial charge in [-0.05, 0) is 39.4 Å². The van der Waals surface area contributed by atoms with Gasteiger partial charge in [0.1, 0.15) is 0 Å². The highest BCUT2D eigenvalue weighted by atomic mass is 28.3. The Hall–Kier alpha value is -0.433. The molecule has 0 heterocycles. The average molecular weight is 277 g/mol. The zero-order valence-electron chi connectivity index (χ0n) is 12.0. The Morgan fingerprint density at radius 3 is 2.28 bits per heavy atom. The van der Waals surface area contributed by atoms with Crippen molar-refractivity contribution in [2.24, 2.45) is 0 Å². The second-order valence-electron chi connectivity index (χ2n) is 4.49. The van der Waals surface area contributed by atoms with E-state index < -0.39 is 15.3 Å². The van der Waals surface area contributed by atoms with Crippen LogP contribution >= 0.6 is 0 Å². The highest BCUT2D eigenvalue weighted by Gasteiger charge is 2.21. The summed E-state index contributed by atoms with van der Waals surface area (Å²) in [4.78, 5) is 12.5. The molecule has 0 aliphatic carbocycles. The van der Waals surface area contributed by atoms with E-state index in [2.05, 4.69) is 6.92 Å². The maximum atomic E-state index is 10.5. The van der Waals surface area contributed by atoms with Crippen LogP contribution in [-0.2, 0) is 13.6 Å². The van der Waals surface area contributed by atoms with Gasteiger partial charge in [0.25, 0.3) is 0 Å². The summed E-state index contributed by atoms with van der Waals surface area (Å²) in [6.07, 6.45) is 1.19. The molecule has 1 unspecified atom stereocenters. The first kappa shape index (κ1) is 17.6. The Morgan fingerprint density at radius 2 is 1.83 bits per heavy atom. The molecule has 6 heteroatoms. The van der Waals surface area contributed by atoms with E-state index in [4.69, 9.17) is 14.0 Å². The molecule has 1 atom stereocenters. The van der Waals surface area contributed by atoms with Crippen LogP contribution in [0.15, 0.2) is 0 Å². The third-order valence-corrected chi connectivity index (χ3v) is 5.39. The minimum Gasteiger partial charge on any atom is -0.481 e. The minimum atomic E-state index is -1.57. The highest BCUT2D eigenvalue weighted by Crippen LogP contribution is 2.16. The molecule has 0 aromatic carbocycles. The van der Waals surface area contributed by atoms with Crippen molar-refractivity contribution in [3.8, 4) is 0 Å². The summed E-state index contributed by atoms with van der Waals surface area (Å²) in [6, 6.07) is 0. The molecule has 5 nitrogen and oxygen atoms in total. The van der Waals surface area contributed by atoms with Gasteiger partial charge in [-0.15, -0.1) is 0 Å². The third-order valence-electron chi connectivity index (χ3n) is 2.80.